The van der Waals surface area contributed by atoms with Crippen LogP contribution >= 0.6 is 12.2 Å². The first-order valence-corrected chi connectivity index (χ1v) is 7.38. The first-order chi connectivity index (χ1) is 10.1. The number of rotatable bonds is 6. The number of hydrogen-bond donors (Lipinski definition) is 1. The van der Waals surface area contributed by atoms with Crippen LogP contribution in [0.25, 0.3) is 0 Å². The van der Waals surface area contributed by atoms with Crippen LogP contribution in [-0.4, -0.2) is 27.7 Å². The highest BCUT2D eigenvalue weighted by Crippen LogP contribution is 2.12. The molecule has 1 N–H and O–H groups in total. The van der Waals surface area contributed by atoms with Gasteiger partial charge >= 0.3 is 0 Å². The van der Waals surface area contributed by atoms with Gasteiger partial charge in [-0.05, 0) is 61.3 Å². The number of hydrogen-bond acceptors (Lipinski definition) is 4. The summed E-state index contributed by atoms with van der Waals surface area (Å²) in [5.41, 5.74) is 0.980. The van der Waals surface area contributed by atoms with Gasteiger partial charge in [-0.2, -0.15) is 14.9 Å². The molecule has 0 radical (unpaired) electrons. The Labute approximate surface area is 129 Å². The molecule has 0 saturated heterocycles. The molecule has 0 aliphatic carbocycles. The van der Waals surface area contributed by atoms with Gasteiger partial charge in [0.05, 0.1) is 12.8 Å². The van der Waals surface area contributed by atoms with E-state index in [9.17, 15) is 0 Å². The van der Waals surface area contributed by atoms with Crippen LogP contribution in [0.2, 0.25) is 0 Å². The Balaban J connectivity index is 1.98. The van der Waals surface area contributed by atoms with Gasteiger partial charge in [0, 0.05) is 0 Å². The lowest BCUT2D eigenvalue weighted by atomic mass is 10.1. The zero-order chi connectivity index (χ0) is 15.2. The van der Waals surface area contributed by atoms with Gasteiger partial charge in [-0.25, -0.2) is 0 Å². The number of aromatic nitrogens is 3. The van der Waals surface area contributed by atoms with Crippen molar-refractivity contribution in [3.8, 4) is 5.75 Å². The Morgan fingerprint density at radius 3 is 2.67 bits per heavy atom. The van der Waals surface area contributed by atoms with Crippen molar-refractivity contribution in [2.24, 2.45) is 11.0 Å². The second-order valence-corrected chi connectivity index (χ2v) is 5.62. The fourth-order valence-corrected chi connectivity index (χ4v) is 1.92. The number of aryl methyl sites for hydroxylation is 1. The SMILES string of the molecule is Cc1n[nH]c(=S)n1/N=C\c1ccc(OCCC(C)C)cc1. The van der Waals surface area contributed by atoms with Crippen molar-refractivity contribution >= 4 is 18.4 Å². The van der Waals surface area contributed by atoms with Crippen LogP contribution in [0.15, 0.2) is 29.4 Å². The van der Waals surface area contributed by atoms with E-state index in [0.717, 1.165) is 30.2 Å². The van der Waals surface area contributed by atoms with E-state index >= 15 is 0 Å². The highest BCUT2D eigenvalue weighted by molar-refractivity contribution is 7.71. The van der Waals surface area contributed by atoms with Crippen molar-refractivity contribution in [1.82, 2.24) is 14.9 Å². The molecular formula is C15H20N4OS. The Morgan fingerprint density at radius 1 is 1.38 bits per heavy atom. The Bertz CT molecular complexity index is 655. The predicted molar refractivity (Wildman–Crippen MR) is 86.5 cm³/mol. The minimum atomic E-state index is 0.484. The quantitative estimate of drug-likeness (QED) is 0.656. The number of H-pyrrole nitrogens is 1. The third kappa shape index (κ3) is 4.53. The highest BCUT2D eigenvalue weighted by Gasteiger charge is 1.99. The number of nitrogens with zero attached hydrogens (tertiary/aromatic N) is 3. The Kier molecular flexibility index (Phi) is 5.27. The smallest absolute Gasteiger partial charge is 0.216 e. The number of aromatic amines is 1. The van der Waals surface area contributed by atoms with Crippen molar-refractivity contribution in [3.05, 3.63) is 40.4 Å². The Hall–Kier alpha value is -1.95. The van der Waals surface area contributed by atoms with Gasteiger partial charge in [0.1, 0.15) is 11.6 Å². The third-order valence-corrected chi connectivity index (χ3v) is 3.24. The fourth-order valence-electron chi connectivity index (χ4n) is 1.69. The average Bonchev–Trinajstić information content (AvgIpc) is 2.77. The summed E-state index contributed by atoms with van der Waals surface area (Å²) >= 11 is 5.09. The largest absolute Gasteiger partial charge is 0.494 e. The van der Waals surface area contributed by atoms with Crippen LogP contribution in [0.1, 0.15) is 31.7 Å². The number of benzene rings is 1. The summed E-state index contributed by atoms with van der Waals surface area (Å²) in [5.74, 6) is 2.26. The van der Waals surface area contributed by atoms with Crippen molar-refractivity contribution in [2.45, 2.75) is 27.2 Å². The number of nitrogens with one attached hydrogen (secondary N) is 1. The van der Waals surface area contributed by atoms with E-state index in [1.165, 1.54) is 0 Å². The molecule has 0 bridgehead atoms. The minimum Gasteiger partial charge on any atom is -0.494 e. The summed E-state index contributed by atoms with van der Waals surface area (Å²) < 4.78 is 7.75. The van der Waals surface area contributed by atoms with Gasteiger partial charge < -0.3 is 4.74 Å². The standard InChI is InChI=1S/C15H20N4OS/c1-11(2)8-9-20-14-6-4-13(5-7-14)10-16-19-12(3)17-18-15(19)21/h4-7,10-11H,8-9H2,1-3H3,(H,18,21)/b16-10-. The molecule has 2 aromatic rings. The monoisotopic (exact) mass is 304 g/mol. The summed E-state index contributed by atoms with van der Waals surface area (Å²) in [5, 5.41) is 11.0. The van der Waals surface area contributed by atoms with Crippen molar-refractivity contribution in [1.29, 1.82) is 0 Å². The molecule has 2 rings (SSSR count). The van der Waals surface area contributed by atoms with Gasteiger partial charge in [0.2, 0.25) is 4.77 Å². The summed E-state index contributed by atoms with van der Waals surface area (Å²) in [4.78, 5) is 0. The molecule has 1 aromatic carbocycles. The lowest BCUT2D eigenvalue weighted by molar-refractivity contribution is 0.289. The predicted octanol–water partition coefficient (Wildman–Crippen LogP) is 3.56. The minimum absolute atomic E-state index is 0.484. The molecule has 6 heteroatoms. The maximum absolute atomic E-state index is 5.68. The van der Waals surface area contributed by atoms with Crippen LogP contribution in [-0.2, 0) is 0 Å². The molecule has 0 aliphatic heterocycles. The molecule has 0 aliphatic rings. The molecule has 5 nitrogen and oxygen atoms in total. The van der Waals surface area contributed by atoms with E-state index in [2.05, 4.69) is 29.1 Å². The zero-order valence-electron chi connectivity index (χ0n) is 12.5. The normalized spacial score (nSPS) is 11.4. The van der Waals surface area contributed by atoms with Gasteiger partial charge in [-0.15, -0.1) is 0 Å². The molecule has 0 atom stereocenters. The number of ether oxygens (including phenoxy) is 1. The lowest BCUT2D eigenvalue weighted by Crippen LogP contribution is -2.01. The van der Waals surface area contributed by atoms with E-state index in [1.807, 2.05) is 31.2 Å². The maximum Gasteiger partial charge on any atom is 0.216 e. The first kappa shape index (κ1) is 15.4. The van der Waals surface area contributed by atoms with E-state index < -0.39 is 0 Å². The summed E-state index contributed by atoms with van der Waals surface area (Å²) in [6, 6.07) is 7.83. The fraction of sp³-hybridized carbons (Fsp3) is 0.400. The van der Waals surface area contributed by atoms with Crippen LogP contribution in [0.5, 0.6) is 5.75 Å². The molecule has 1 aromatic heterocycles. The average molecular weight is 304 g/mol. The molecule has 0 unspecified atom stereocenters. The topological polar surface area (TPSA) is 55.2 Å². The van der Waals surface area contributed by atoms with Crippen molar-refractivity contribution in [2.75, 3.05) is 6.61 Å². The molecule has 0 saturated carbocycles. The van der Waals surface area contributed by atoms with E-state index in [1.54, 1.807) is 10.9 Å². The lowest BCUT2D eigenvalue weighted by Gasteiger charge is -2.07. The second kappa shape index (κ2) is 7.17. The molecule has 0 fully saturated rings. The van der Waals surface area contributed by atoms with Crippen molar-refractivity contribution < 1.29 is 4.74 Å². The summed E-state index contributed by atoms with van der Waals surface area (Å²) in [6.45, 7) is 6.96. The van der Waals surface area contributed by atoms with Crippen LogP contribution < -0.4 is 4.74 Å². The van der Waals surface area contributed by atoms with E-state index in [4.69, 9.17) is 17.0 Å². The van der Waals surface area contributed by atoms with Crippen LogP contribution in [0, 0.1) is 17.6 Å². The molecular weight excluding hydrogens is 284 g/mol. The zero-order valence-corrected chi connectivity index (χ0v) is 13.4. The Morgan fingerprint density at radius 2 is 2.10 bits per heavy atom. The van der Waals surface area contributed by atoms with Gasteiger partial charge in [-0.3, -0.25) is 5.10 Å². The van der Waals surface area contributed by atoms with Crippen LogP contribution in [0.3, 0.4) is 0 Å². The summed E-state index contributed by atoms with van der Waals surface area (Å²) in [6.07, 6.45) is 2.80. The molecule has 1 heterocycles. The second-order valence-electron chi connectivity index (χ2n) is 5.23. The van der Waals surface area contributed by atoms with Gasteiger partial charge in [0.25, 0.3) is 0 Å². The third-order valence-electron chi connectivity index (χ3n) is 2.98. The van der Waals surface area contributed by atoms with Crippen LogP contribution in [0.4, 0.5) is 0 Å². The maximum atomic E-state index is 5.68. The van der Waals surface area contributed by atoms with Crippen molar-refractivity contribution in [3.63, 3.8) is 0 Å². The van der Waals surface area contributed by atoms with Gasteiger partial charge in [-0.1, -0.05) is 13.8 Å². The van der Waals surface area contributed by atoms with Gasteiger partial charge in [0.15, 0.2) is 0 Å². The summed E-state index contributed by atoms with van der Waals surface area (Å²) in [7, 11) is 0. The first-order valence-electron chi connectivity index (χ1n) is 6.97. The van der Waals surface area contributed by atoms with E-state index in [0.29, 0.717) is 10.7 Å². The van der Waals surface area contributed by atoms with E-state index in [-0.39, 0.29) is 0 Å². The molecule has 0 amide bonds. The highest BCUT2D eigenvalue weighted by atomic mass is 32.1. The molecule has 112 valence electrons. The molecule has 21 heavy (non-hydrogen) atoms. The molecule has 0 spiro atoms.